The van der Waals surface area contributed by atoms with Crippen molar-refractivity contribution < 1.29 is 19.0 Å². The number of methoxy groups -OCH3 is 1. The number of carbonyl (C=O) groups is 1. The van der Waals surface area contributed by atoms with E-state index in [-0.39, 0.29) is 18.1 Å². The van der Waals surface area contributed by atoms with Crippen LogP contribution in [0.25, 0.3) is 0 Å². The smallest absolute Gasteiger partial charge is 0.235 e. The standard InChI is InChI=1S/C24H28N2O4/c1-23(2,3)20-10-14-9-16(12-19(28-4)21(14)26-20)25-22(27)24(7-8-24)15-5-6-17-18(11-15)30-13-29-17/h5-6,9,11-12,20,26H,7-8,10,13H2,1-4H3,(H,25,27). The van der Waals surface area contributed by atoms with Crippen molar-refractivity contribution in [3.8, 4) is 17.2 Å². The molecule has 0 radical (unpaired) electrons. The Kier molecular flexibility index (Phi) is 4.17. The van der Waals surface area contributed by atoms with Gasteiger partial charge >= 0.3 is 0 Å². The van der Waals surface area contributed by atoms with Crippen molar-refractivity contribution in [3.05, 3.63) is 41.5 Å². The van der Waals surface area contributed by atoms with Crippen molar-refractivity contribution in [2.75, 3.05) is 24.5 Å². The lowest BCUT2D eigenvalue weighted by atomic mass is 9.85. The van der Waals surface area contributed by atoms with Gasteiger partial charge in [0.05, 0.1) is 18.2 Å². The molecule has 1 aliphatic carbocycles. The van der Waals surface area contributed by atoms with E-state index >= 15 is 0 Å². The van der Waals surface area contributed by atoms with Gasteiger partial charge in [0.15, 0.2) is 11.5 Å². The lowest BCUT2D eigenvalue weighted by molar-refractivity contribution is -0.118. The lowest BCUT2D eigenvalue weighted by Crippen LogP contribution is -2.31. The third-order valence-electron chi connectivity index (χ3n) is 6.56. The number of carbonyl (C=O) groups excluding carboxylic acids is 1. The highest BCUT2D eigenvalue weighted by Gasteiger charge is 2.51. The molecule has 1 atom stereocenters. The Balaban J connectivity index is 1.40. The molecule has 2 N–H and O–H groups in total. The fourth-order valence-electron chi connectivity index (χ4n) is 4.42. The van der Waals surface area contributed by atoms with Crippen LogP contribution in [0.3, 0.4) is 0 Å². The molecule has 3 aliphatic rings. The summed E-state index contributed by atoms with van der Waals surface area (Å²) >= 11 is 0. The van der Waals surface area contributed by atoms with Gasteiger partial charge in [0.2, 0.25) is 12.7 Å². The Morgan fingerprint density at radius 2 is 1.93 bits per heavy atom. The van der Waals surface area contributed by atoms with E-state index in [0.29, 0.717) is 11.8 Å². The summed E-state index contributed by atoms with van der Waals surface area (Å²) in [5.74, 6) is 2.23. The molecule has 6 nitrogen and oxygen atoms in total. The van der Waals surface area contributed by atoms with Gasteiger partial charge in [0.1, 0.15) is 5.75 Å². The molecular weight excluding hydrogens is 380 g/mol. The van der Waals surface area contributed by atoms with Crippen LogP contribution in [0.2, 0.25) is 0 Å². The Bertz CT molecular complexity index is 1020. The van der Waals surface area contributed by atoms with Crippen LogP contribution in [-0.4, -0.2) is 25.9 Å². The summed E-state index contributed by atoms with van der Waals surface area (Å²) in [6.07, 6.45) is 2.56. The van der Waals surface area contributed by atoms with Crippen LogP contribution in [0, 0.1) is 5.41 Å². The van der Waals surface area contributed by atoms with Crippen molar-refractivity contribution in [2.24, 2.45) is 5.41 Å². The van der Waals surface area contributed by atoms with Gasteiger partial charge in [0, 0.05) is 17.8 Å². The molecule has 2 aliphatic heterocycles. The summed E-state index contributed by atoms with van der Waals surface area (Å²) in [6, 6.07) is 10.1. The van der Waals surface area contributed by atoms with Gasteiger partial charge < -0.3 is 24.8 Å². The molecule has 0 saturated heterocycles. The van der Waals surface area contributed by atoms with E-state index in [9.17, 15) is 4.79 Å². The largest absolute Gasteiger partial charge is 0.495 e. The fraction of sp³-hybridized carbons (Fsp3) is 0.458. The number of benzene rings is 2. The first-order chi connectivity index (χ1) is 14.3. The first-order valence-electron chi connectivity index (χ1n) is 10.5. The Morgan fingerprint density at radius 1 is 1.17 bits per heavy atom. The number of rotatable bonds is 4. The minimum Gasteiger partial charge on any atom is -0.495 e. The molecule has 2 heterocycles. The zero-order valence-electron chi connectivity index (χ0n) is 17.9. The zero-order chi connectivity index (χ0) is 21.1. The monoisotopic (exact) mass is 408 g/mol. The molecule has 0 aromatic heterocycles. The number of amides is 1. The van der Waals surface area contributed by atoms with Gasteiger partial charge in [-0.1, -0.05) is 26.8 Å². The molecule has 0 bridgehead atoms. The van der Waals surface area contributed by atoms with Crippen LogP contribution < -0.4 is 24.8 Å². The molecule has 1 amide bonds. The summed E-state index contributed by atoms with van der Waals surface area (Å²) in [5, 5.41) is 6.75. The van der Waals surface area contributed by atoms with Gasteiger partial charge in [-0.2, -0.15) is 0 Å². The van der Waals surface area contributed by atoms with E-state index in [1.807, 2.05) is 24.3 Å². The maximum absolute atomic E-state index is 13.3. The van der Waals surface area contributed by atoms with E-state index in [1.54, 1.807) is 7.11 Å². The van der Waals surface area contributed by atoms with Crippen LogP contribution in [0.15, 0.2) is 30.3 Å². The Morgan fingerprint density at radius 3 is 2.63 bits per heavy atom. The second kappa shape index (κ2) is 6.56. The second-order valence-electron chi connectivity index (χ2n) is 9.58. The summed E-state index contributed by atoms with van der Waals surface area (Å²) in [7, 11) is 1.67. The first kappa shape index (κ1) is 19.1. The molecular formula is C24H28N2O4. The number of hydrogen-bond acceptors (Lipinski definition) is 5. The topological polar surface area (TPSA) is 68.8 Å². The Hall–Kier alpha value is -2.89. The maximum atomic E-state index is 13.3. The molecule has 2 aromatic carbocycles. The molecule has 1 saturated carbocycles. The third-order valence-corrected chi connectivity index (χ3v) is 6.56. The summed E-state index contributed by atoms with van der Waals surface area (Å²) in [6.45, 7) is 6.92. The maximum Gasteiger partial charge on any atom is 0.235 e. The third kappa shape index (κ3) is 3.06. The minimum atomic E-state index is -0.501. The van der Waals surface area contributed by atoms with E-state index in [0.717, 1.165) is 47.7 Å². The van der Waals surface area contributed by atoms with Crippen LogP contribution in [-0.2, 0) is 16.6 Å². The predicted octanol–water partition coefficient (Wildman–Crippen LogP) is 4.48. The highest BCUT2D eigenvalue weighted by molar-refractivity contribution is 6.02. The molecule has 5 rings (SSSR count). The summed E-state index contributed by atoms with van der Waals surface area (Å²) < 4.78 is 16.5. The minimum absolute atomic E-state index is 0.0155. The van der Waals surface area contributed by atoms with Crippen LogP contribution in [0.1, 0.15) is 44.7 Å². The van der Waals surface area contributed by atoms with Crippen molar-refractivity contribution in [2.45, 2.75) is 51.5 Å². The van der Waals surface area contributed by atoms with Crippen LogP contribution in [0.5, 0.6) is 17.2 Å². The number of anilines is 2. The van der Waals surface area contributed by atoms with Crippen molar-refractivity contribution in [3.63, 3.8) is 0 Å². The van der Waals surface area contributed by atoms with Gasteiger partial charge in [-0.05, 0) is 54.0 Å². The fourth-order valence-corrected chi connectivity index (χ4v) is 4.42. The number of nitrogens with one attached hydrogen (secondary N) is 2. The molecule has 0 spiro atoms. The van der Waals surface area contributed by atoms with E-state index in [4.69, 9.17) is 14.2 Å². The molecule has 2 aromatic rings. The van der Waals surface area contributed by atoms with Crippen molar-refractivity contribution in [1.29, 1.82) is 0 Å². The Labute approximate surface area is 176 Å². The molecule has 1 unspecified atom stereocenters. The number of fused-ring (bicyclic) bond motifs is 2. The van der Waals surface area contributed by atoms with Gasteiger partial charge in [-0.25, -0.2) is 0 Å². The van der Waals surface area contributed by atoms with Gasteiger partial charge in [-0.3, -0.25) is 4.79 Å². The lowest BCUT2D eigenvalue weighted by Gasteiger charge is -2.27. The number of ether oxygens (including phenoxy) is 3. The number of hydrogen-bond donors (Lipinski definition) is 2. The van der Waals surface area contributed by atoms with Crippen molar-refractivity contribution in [1.82, 2.24) is 0 Å². The summed E-state index contributed by atoms with van der Waals surface area (Å²) in [5.41, 5.74) is 3.60. The van der Waals surface area contributed by atoms with E-state index < -0.39 is 5.41 Å². The zero-order valence-corrected chi connectivity index (χ0v) is 17.9. The van der Waals surface area contributed by atoms with Crippen molar-refractivity contribution >= 4 is 17.3 Å². The quantitative estimate of drug-likeness (QED) is 0.781. The van der Waals surface area contributed by atoms with E-state index in [2.05, 4.69) is 37.5 Å². The predicted molar refractivity (Wildman–Crippen MR) is 116 cm³/mol. The molecule has 6 heteroatoms. The highest BCUT2D eigenvalue weighted by atomic mass is 16.7. The molecule has 158 valence electrons. The van der Waals surface area contributed by atoms with Gasteiger partial charge in [-0.15, -0.1) is 0 Å². The average molecular weight is 408 g/mol. The van der Waals surface area contributed by atoms with Gasteiger partial charge in [0.25, 0.3) is 0 Å². The van der Waals surface area contributed by atoms with Crippen LogP contribution in [0.4, 0.5) is 11.4 Å². The molecule has 1 fully saturated rings. The average Bonchev–Trinajstić information content (AvgIpc) is 3.18. The second-order valence-corrected chi connectivity index (χ2v) is 9.58. The highest BCUT2D eigenvalue weighted by Crippen LogP contribution is 2.51. The SMILES string of the molecule is COc1cc(NC(=O)C2(c3ccc4c(c3)OCO4)CC2)cc2c1NC(C(C)(C)C)C2. The normalized spacial score (nSPS) is 20.3. The van der Waals surface area contributed by atoms with Crippen LogP contribution >= 0.6 is 0 Å². The summed E-state index contributed by atoms with van der Waals surface area (Å²) in [4.78, 5) is 13.3. The first-order valence-corrected chi connectivity index (χ1v) is 10.5. The molecule has 30 heavy (non-hydrogen) atoms. The van der Waals surface area contributed by atoms with E-state index in [1.165, 1.54) is 5.56 Å².